The molecule has 4 nitrogen and oxygen atoms in total. The number of benzene rings is 2. The van der Waals surface area contributed by atoms with E-state index in [0.29, 0.717) is 5.69 Å². The highest BCUT2D eigenvalue weighted by molar-refractivity contribution is 6.06. The summed E-state index contributed by atoms with van der Waals surface area (Å²) in [6, 6.07) is 17.1. The third-order valence-corrected chi connectivity index (χ3v) is 3.52. The van der Waals surface area contributed by atoms with Gasteiger partial charge in [-0.2, -0.15) is 0 Å². The molecule has 1 heterocycles. The van der Waals surface area contributed by atoms with E-state index in [1.165, 1.54) is 0 Å². The zero-order valence-electron chi connectivity index (χ0n) is 12.0. The fourth-order valence-corrected chi connectivity index (χ4v) is 2.37. The molecule has 0 radical (unpaired) electrons. The van der Waals surface area contributed by atoms with E-state index in [1.807, 2.05) is 66.2 Å². The van der Waals surface area contributed by atoms with Gasteiger partial charge in [-0.1, -0.05) is 18.2 Å². The standard InChI is InChI=1S/C17H16N2O2/c1-19-15-11-14(21-2)9-8-12(15)10-16(19)17(20)18-13-6-4-3-5-7-13/h3-11H,1-2H3,(H,18,20). The highest BCUT2D eigenvalue weighted by Crippen LogP contribution is 2.24. The Morgan fingerprint density at radius 1 is 1.10 bits per heavy atom. The average Bonchev–Trinajstić information content (AvgIpc) is 2.85. The van der Waals surface area contributed by atoms with Crippen LogP contribution in [0.2, 0.25) is 0 Å². The molecule has 0 fully saturated rings. The minimum atomic E-state index is -0.126. The third kappa shape index (κ3) is 2.48. The Morgan fingerprint density at radius 2 is 1.86 bits per heavy atom. The van der Waals surface area contributed by atoms with Crippen LogP contribution in [0.5, 0.6) is 5.75 Å². The van der Waals surface area contributed by atoms with Crippen molar-refractivity contribution in [2.45, 2.75) is 0 Å². The van der Waals surface area contributed by atoms with Crippen LogP contribution in [0.4, 0.5) is 5.69 Å². The number of fused-ring (bicyclic) bond motifs is 1. The van der Waals surface area contributed by atoms with Gasteiger partial charge < -0.3 is 14.6 Å². The summed E-state index contributed by atoms with van der Waals surface area (Å²) < 4.78 is 7.10. The van der Waals surface area contributed by atoms with E-state index in [9.17, 15) is 4.79 Å². The number of anilines is 1. The molecule has 3 aromatic rings. The molecule has 0 unspecified atom stereocenters. The second-order valence-corrected chi connectivity index (χ2v) is 4.83. The zero-order valence-corrected chi connectivity index (χ0v) is 12.0. The monoisotopic (exact) mass is 280 g/mol. The van der Waals surface area contributed by atoms with Crippen LogP contribution in [0.15, 0.2) is 54.6 Å². The lowest BCUT2D eigenvalue weighted by Crippen LogP contribution is -2.15. The van der Waals surface area contributed by atoms with Crippen molar-refractivity contribution in [3.8, 4) is 5.75 Å². The van der Waals surface area contributed by atoms with Crippen molar-refractivity contribution >= 4 is 22.5 Å². The lowest BCUT2D eigenvalue weighted by atomic mass is 10.2. The number of hydrogen-bond acceptors (Lipinski definition) is 2. The van der Waals surface area contributed by atoms with Gasteiger partial charge in [-0.25, -0.2) is 0 Å². The number of nitrogens with zero attached hydrogens (tertiary/aromatic N) is 1. The number of carbonyl (C=O) groups excluding carboxylic acids is 1. The normalized spacial score (nSPS) is 10.6. The number of hydrogen-bond donors (Lipinski definition) is 1. The predicted molar refractivity (Wildman–Crippen MR) is 83.9 cm³/mol. The Labute approximate surface area is 123 Å². The van der Waals surface area contributed by atoms with E-state index < -0.39 is 0 Å². The molecule has 0 saturated heterocycles. The van der Waals surface area contributed by atoms with Crippen molar-refractivity contribution in [2.24, 2.45) is 7.05 Å². The smallest absolute Gasteiger partial charge is 0.272 e. The Hall–Kier alpha value is -2.75. The molecule has 3 rings (SSSR count). The van der Waals surface area contributed by atoms with Crippen LogP contribution in [-0.2, 0) is 7.05 Å². The minimum absolute atomic E-state index is 0.126. The maximum Gasteiger partial charge on any atom is 0.272 e. The van der Waals surface area contributed by atoms with E-state index >= 15 is 0 Å². The Morgan fingerprint density at radius 3 is 2.57 bits per heavy atom. The van der Waals surface area contributed by atoms with Crippen LogP contribution in [-0.4, -0.2) is 17.6 Å². The van der Waals surface area contributed by atoms with E-state index in [4.69, 9.17) is 4.74 Å². The molecular formula is C17H16N2O2. The van der Waals surface area contributed by atoms with Gasteiger partial charge in [0.05, 0.1) is 12.6 Å². The number of nitrogens with one attached hydrogen (secondary N) is 1. The lowest BCUT2D eigenvalue weighted by molar-refractivity contribution is 0.102. The summed E-state index contributed by atoms with van der Waals surface area (Å²) in [6.45, 7) is 0. The SMILES string of the molecule is COc1ccc2cc(C(=O)Nc3ccccc3)n(C)c2c1. The maximum atomic E-state index is 12.4. The largest absolute Gasteiger partial charge is 0.497 e. The minimum Gasteiger partial charge on any atom is -0.497 e. The van der Waals surface area contributed by atoms with Crippen LogP contribution in [0.1, 0.15) is 10.5 Å². The van der Waals surface area contributed by atoms with Crippen molar-refractivity contribution in [1.29, 1.82) is 0 Å². The molecule has 106 valence electrons. The number of methoxy groups -OCH3 is 1. The summed E-state index contributed by atoms with van der Waals surface area (Å²) in [4.78, 5) is 12.4. The number of ether oxygens (including phenoxy) is 1. The number of rotatable bonds is 3. The second kappa shape index (κ2) is 5.32. The zero-order chi connectivity index (χ0) is 14.8. The summed E-state index contributed by atoms with van der Waals surface area (Å²) in [5.74, 6) is 0.651. The molecule has 21 heavy (non-hydrogen) atoms. The predicted octanol–water partition coefficient (Wildman–Crippen LogP) is 3.44. The fraction of sp³-hybridized carbons (Fsp3) is 0.118. The lowest BCUT2D eigenvalue weighted by Gasteiger charge is -2.06. The van der Waals surface area contributed by atoms with Gasteiger partial charge in [0.1, 0.15) is 11.4 Å². The van der Waals surface area contributed by atoms with Crippen LogP contribution < -0.4 is 10.1 Å². The Kier molecular flexibility index (Phi) is 3.36. The van der Waals surface area contributed by atoms with Gasteiger partial charge in [0, 0.05) is 24.2 Å². The van der Waals surface area contributed by atoms with Crippen molar-refractivity contribution in [3.05, 3.63) is 60.3 Å². The van der Waals surface area contributed by atoms with Crippen molar-refractivity contribution in [3.63, 3.8) is 0 Å². The van der Waals surface area contributed by atoms with Crippen LogP contribution >= 0.6 is 0 Å². The number of aromatic nitrogens is 1. The molecule has 4 heteroatoms. The van der Waals surface area contributed by atoms with Crippen LogP contribution in [0.3, 0.4) is 0 Å². The molecule has 2 aromatic carbocycles. The highest BCUT2D eigenvalue weighted by atomic mass is 16.5. The molecule has 0 spiro atoms. The molecule has 1 aromatic heterocycles. The topological polar surface area (TPSA) is 43.3 Å². The van der Waals surface area contributed by atoms with Gasteiger partial charge in [-0.15, -0.1) is 0 Å². The van der Waals surface area contributed by atoms with Crippen LogP contribution in [0, 0.1) is 0 Å². The first-order valence-electron chi connectivity index (χ1n) is 6.69. The molecule has 0 aliphatic carbocycles. The average molecular weight is 280 g/mol. The number of amides is 1. The Bertz CT molecular complexity index is 791. The van der Waals surface area contributed by atoms with Crippen molar-refractivity contribution < 1.29 is 9.53 Å². The van der Waals surface area contributed by atoms with Gasteiger partial charge in [-0.05, 0) is 30.3 Å². The van der Waals surface area contributed by atoms with Crippen molar-refractivity contribution in [1.82, 2.24) is 4.57 Å². The summed E-state index contributed by atoms with van der Waals surface area (Å²) in [6.07, 6.45) is 0. The van der Waals surface area contributed by atoms with Gasteiger partial charge in [-0.3, -0.25) is 4.79 Å². The Balaban J connectivity index is 1.96. The number of carbonyl (C=O) groups is 1. The third-order valence-electron chi connectivity index (χ3n) is 3.52. The van der Waals surface area contributed by atoms with Crippen LogP contribution in [0.25, 0.3) is 10.9 Å². The molecule has 0 aliphatic heterocycles. The molecule has 0 atom stereocenters. The van der Waals surface area contributed by atoms with Gasteiger partial charge in [0.15, 0.2) is 0 Å². The van der Waals surface area contributed by atoms with E-state index in [0.717, 1.165) is 22.3 Å². The first-order valence-corrected chi connectivity index (χ1v) is 6.69. The first-order chi connectivity index (χ1) is 10.2. The highest BCUT2D eigenvalue weighted by Gasteiger charge is 2.13. The molecule has 1 amide bonds. The van der Waals surface area contributed by atoms with E-state index in [2.05, 4.69) is 5.32 Å². The summed E-state index contributed by atoms with van der Waals surface area (Å²) in [7, 11) is 3.51. The van der Waals surface area contributed by atoms with Gasteiger partial charge >= 0.3 is 0 Å². The van der Waals surface area contributed by atoms with E-state index in [1.54, 1.807) is 7.11 Å². The number of para-hydroxylation sites is 1. The fourth-order valence-electron chi connectivity index (χ4n) is 2.37. The quantitative estimate of drug-likeness (QED) is 0.798. The van der Waals surface area contributed by atoms with Gasteiger partial charge in [0.25, 0.3) is 5.91 Å². The molecule has 1 N–H and O–H groups in total. The number of aryl methyl sites for hydroxylation is 1. The van der Waals surface area contributed by atoms with Gasteiger partial charge in [0.2, 0.25) is 0 Å². The van der Waals surface area contributed by atoms with Crippen molar-refractivity contribution in [2.75, 3.05) is 12.4 Å². The summed E-state index contributed by atoms with van der Waals surface area (Å²) >= 11 is 0. The summed E-state index contributed by atoms with van der Waals surface area (Å²) in [5.41, 5.74) is 2.36. The first kappa shape index (κ1) is 13.2. The maximum absolute atomic E-state index is 12.4. The van der Waals surface area contributed by atoms with E-state index in [-0.39, 0.29) is 5.91 Å². The summed E-state index contributed by atoms with van der Waals surface area (Å²) in [5, 5.41) is 3.91. The molecular weight excluding hydrogens is 264 g/mol. The molecule has 0 bridgehead atoms. The molecule has 0 aliphatic rings. The second-order valence-electron chi connectivity index (χ2n) is 4.83. The molecule has 0 saturated carbocycles.